The molecule has 9 nitrogen and oxygen atoms in total. The lowest BCUT2D eigenvalue weighted by Crippen LogP contribution is -2.77. The van der Waals surface area contributed by atoms with Crippen LogP contribution in [-0.4, -0.2) is 60.1 Å². The van der Waals surface area contributed by atoms with Gasteiger partial charge in [-0.05, 0) is 48.5 Å². The number of hydrogen-bond acceptors (Lipinski definition) is 8. The molecule has 0 saturated carbocycles. The van der Waals surface area contributed by atoms with Gasteiger partial charge in [-0.3, -0.25) is 14.5 Å². The van der Waals surface area contributed by atoms with Crippen LogP contribution in [0.1, 0.15) is 25.7 Å². The van der Waals surface area contributed by atoms with E-state index >= 15 is 0 Å². The van der Waals surface area contributed by atoms with Gasteiger partial charge in [-0.25, -0.2) is 9.37 Å². The van der Waals surface area contributed by atoms with E-state index in [1.165, 1.54) is 29.5 Å². The van der Waals surface area contributed by atoms with Crippen LogP contribution < -0.4 is 25.4 Å². The molecule has 5 heterocycles. The van der Waals surface area contributed by atoms with Crippen molar-refractivity contribution < 1.29 is 23.5 Å². The van der Waals surface area contributed by atoms with Crippen molar-refractivity contribution in [2.75, 3.05) is 36.9 Å². The number of hydrogen-bond donors (Lipinski definition) is 3. The van der Waals surface area contributed by atoms with E-state index in [2.05, 4.69) is 20.9 Å². The van der Waals surface area contributed by atoms with Crippen LogP contribution in [0, 0.1) is 5.82 Å². The third kappa shape index (κ3) is 4.58. The SMILES string of the molecule is O=C(Nc1ccc(F)c(NC(=O)c2cc3ccc(CN4CC5NCC54)nc3s2)c1)c1ccc2c(c1)OCCO2. The van der Waals surface area contributed by atoms with Gasteiger partial charge in [0.1, 0.15) is 23.9 Å². The lowest BCUT2D eigenvalue weighted by atomic mass is 9.88. The molecule has 0 aliphatic carbocycles. The molecule has 0 spiro atoms. The molecule has 4 aromatic rings. The van der Waals surface area contributed by atoms with Gasteiger partial charge < -0.3 is 25.4 Å². The second-order valence-corrected chi connectivity index (χ2v) is 10.8. The van der Waals surface area contributed by atoms with Crippen LogP contribution in [0.15, 0.2) is 54.6 Å². The molecule has 3 N–H and O–H groups in total. The normalized spacial score (nSPS) is 19.5. The predicted octanol–water partition coefficient (Wildman–Crippen LogP) is 3.87. The molecule has 2 aromatic carbocycles. The number of amides is 2. The smallest absolute Gasteiger partial charge is 0.265 e. The summed E-state index contributed by atoms with van der Waals surface area (Å²) in [6.45, 7) is 3.71. The number of ether oxygens (including phenoxy) is 2. The number of aromatic nitrogens is 1. The summed E-state index contributed by atoms with van der Waals surface area (Å²) in [6.07, 6.45) is 0. The number of carbonyl (C=O) groups is 2. The van der Waals surface area contributed by atoms with Gasteiger partial charge in [-0.15, -0.1) is 11.3 Å². The first-order valence-corrected chi connectivity index (χ1v) is 13.5. The molecule has 3 aliphatic rings. The number of nitrogens with one attached hydrogen (secondary N) is 3. The lowest BCUT2D eigenvalue weighted by molar-refractivity contribution is -0.0244. The fourth-order valence-electron chi connectivity index (χ4n) is 5.03. The zero-order valence-electron chi connectivity index (χ0n) is 20.7. The molecule has 2 amide bonds. The Morgan fingerprint density at radius 3 is 2.69 bits per heavy atom. The Labute approximate surface area is 226 Å². The maximum atomic E-state index is 14.6. The molecule has 2 atom stereocenters. The summed E-state index contributed by atoms with van der Waals surface area (Å²) in [6, 6.07) is 15.9. The van der Waals surface area contributed by atoms with E-state index in [0.717, 1.165) is 35.5 Å². The van der Waals surface area contributed by atoms with E-state index in [4.69, 9.17) is 14.5 Å². The van der Waals surface area contributed by atoms with Crippen molar-refractivity contribution in [2.24, 2.45) is 0 Å². The van der Waals surface area contributed by atoms with Gasteiger partial charge in [0.15, 0.2) is 11.5 Å². The van der Waals surface area contributed by atoms with Crippen molar-refractivity contribution in [3.05, 3.63) is 76.5 Å². The lowest BCUT2D eigenvalue weighted by Gasteiger charge is -2.56. The number of carbonyl (C=O) groups excluding carboxylic acids is 2. The molecule has 3 aliphatic heterocycles. The molecule has 2 fully saturated rings. The quantitative estimate of drug-likeness (QED) is 0.338. The van der Waals surface area contributed by atoms with Gasteiger partial charge in [0.2, 0.25) is 0 Å². The van der Waals surface area contributed by atoms with Crippen LogP contribution >= 0.6 is 11.3 Å². The maximum absolute atomic E-state index is 14.6. The summed E-state index contributed by atoms with van der Waals surface area (Å²) >= 11 is 1.27. The summed E-state index contributed by atoms with van der Waals surface area (Å²) < 4.78 is 25.6. The van der Waals surface area contributed by atoms with Gasteiger partial charge in [0, 0.05) is 48.4 Å². The highest BCUT2D eigenvalue weighted by molar-refractivity contribution is 7.20. The fourth-order valence-corrected chi connectivity index (χ4v) is 5.97. The highest BCUT2D eigenvalue weighted by Crippen LogP contribution is 2.32. The molecule has 198 valence electrons. The molecular formula is C28H24FN5O4S. The molecule has 2 aromatic heterocycles. The maximum Gasteiger partial charge on any atom is 0.265 e. The van der Waals surface area contributed by atoms with E-state index in [-0.39, 0.29) is 5.69 Å². The van der Waals surface area contributed by atoms with Crippen LogP contribution in [0.4, 0.5) is 15.8 Å². The number of halogens is 1. The van der Waals surface area contributed by atoms with Crippen LogP contribution in [0.2, 0.25) is 0 Å². The van der Waals surface area contributed by atoms with Crippen molar-refractivity contribution in [3.63, 3.8) is 0 Å². The number of piperazine rings is 1. The number of thiophene rings is 1. The molecule has 11 heteroatoms. The monoisotopic (exact) mass is 545 g/mol. The number of benzene rings is 2. The van der Waals surface area contributed by atoms with Gasteiger partial charge in [-0.2, -0.15) is 0 Å². The van der Waals surface area contributed by atoms with Crippen LogP contribution in [-0.2, 0) is 6.54 Å². The third-order valence-corrected chi connectivity index (χ3v) is 8.30. The van der Waals surface area contributed by atoms with Gasteiger partial charge in [0.05, 0.1) is 16.3 Å². The molecule has 0 radical (unpaired) electrons. The third-order valence-electron chi connectivity index (χ3n) is 7.26. The van der Waals surface area contributed by atoms with Crippen molar-refractivity contribution in [2.45, 2.75) is 18.6 Å². The number of likely N-dealkylation sites (tertiary alicyclic amines) is 1. The first-order chi connectivity index (χ1) is 19.0. The number of anilines is 2. The van der Waals surface area contributed by atoms with Gasteiger partial charge in [0.25, 0.3) is 11.8 Å². The highest BCUT2D eigenvalue weighted by atomic mass is 32.1. The second kappa shape index (κ2) is 9.60. The van der Waals surface area contributed by atoms with E-state index in [0.29, 0.717) is 52.9 Å². The minimum atomic E-state index is -0.611. The Balaban J connectivity index is 1.04. The second-order valence-electron chi connectivity index (χ2n) is 9.78. The molecular weight excluding hydrogens is 521 g/mol. The Hall–Kier alpha value is -4.06. The zero-order valence-corrected chi connectivity index (χ0v) is 21.5. The van der Waals surface area contributed by atoms with Crippen molar-refractivity contribution in [1.29, 1.82) is 0 Å². The van der Waals surface area contributed by atoms with E-state index < -0.39 is 17.6 Å². The number of fused-ring (bicyclic) bond motifs is 3. The number of nitrogens with zero attached hydrogens (tertiary/aromatic N) is 2. The highest BCUT2D eigenvalue weighted by Gasteiger charge is 2.45. The minimum absolute atomic E-state index is 0.0347. The average Bonchev–Trinajstić information content (AvgIpc) is 3.36. The number of pyridine rings is 1. The Morgan fingerprint density at radius 1 is 1.03 bits per heavy atom. The Morgan fingerprint density at radius 2 is 1.90 bits per heavy atom. The van der Waals surface area contributed by atoms with E-state index in [9.17, 15) is 14.0 Å². The molecule has 0 bridgehead atoms. The van der Waals surface area contributed by atoms with Gasteiger partial charge in [-0.1, -0.05) is 6.07 Å². The fraction of sp³-hybridized carbons (Fsp3) is 0.250. The predicted molar refractivity (Wildman–Crippen MR) is 145 cm³/mol. The average molecular weight is 546 g/mol. The summed E-state index contributed by atoms with van der Waals surface area (Å²) in [7, 11) is 0. The number of rotatable bonds is 6. The molecule has 2 saturated heterocycles. The van der Waals surface area contributed by atoms with Crippen LogP contribution in [0.5, 0.6) is 11.5 Å². The first-order valence-electron chi connectivity index (χ1n) is 12.7. The van der Waals surface area contributed by atoms with Crippen molar-refractivity contribution >= 4 is 44.7 Å². The molecule has 7 rings (SSSR count). The Kier molecular flexibility index (Phi) is 5.91. The molecule has 2 unspecified atom stereocenters. The van der Waals surface area contributed by atoms with E-state index in [1.54, 1.807) is 24.3 Å². The first kappa shape index (κ1) is 24.0. The van der Waals surface area contributed by atoms with Crippen LogP contribution in [0.25, 0.3) is 10.2 Å². The Bertz CT molecular complexity index is 1630. The minimum Gasteiger partial charge on any atom is -0.486 e. The largest absolute Gasteiger partial charge is 0.486 e. The topological polar surface area (TPSA) is 105 Å². The van der Waals surface area contributed by atoms with Crippen LogP contribution in [0.3, 0.4) is 0 Å². The summed E-state index contributed by atoms with van der Waals surface area (Å²) in [5, 5.41) is 9.63. The molecule has 39 heavy (non-hydrogen) atoms. The summed E-state index contributed by atoms with van der Waals surface area (Å²) in [4.78, 5) is 34.1. The summed E-state index contributed by atoms with van der Waals surface area (Å²) in [5.74, 6) is -0.376. The standard InChI is InChI=1S/C28H24FN5O4S/c29-19-5-4-17(31-26(35)15-2-6-23-24(9-15)38-8-7-37-23)11-20(19)33-27(36)25-10-16-1-3-18(32-28(16)39-25)13-34-14-21-22(34)12-30-21/h1-6,9-11,21-22,30H,7-8,12-14H2,(H,31,35)(H,33,36). The van der Waals surface area contributed by atoms with E-state index in [1.807, 2.05) is 12.1 Å². The zero-order chi connectivity index (χ0) is 26.5. The van der Waals surface area contributed by atoms with Gasteiger partial charge >= 0.3 is 0 Å². The van der Waals surface area contributed by atoms with Crippen molar-refractivity contribution in [3.8, 4) is 11.5 Å². The summed E-state index contributed by atoms with van der Waals surface area (Å²) in [5.41, 5.74) is 1.63. The van der Waals surface area contributed by atoms with Crippen molar-refractivity contribution in [1.82, 2.24) is 15.2 Å².